The summed E-state index contributed by atoms with van der Waals surface area (Å²) in [5.41, 5.74) is -1.37. The first-order valence-electron chi connectivity index (χ1n) is 18.2. The van der Waals surface area contributed by atoms with Gasteiger partial charge in [0.1, 0.15) is 17.3 Å². The highest BCUT2D eigenvalue weighted by molar-refractivity contribution is 5.85. The van der Waals surface area contributed by atoms with Crippen molar-refractivity contribution < 1.29 is 44.0 Å². The molecule has 0 saturated carbocycles. The zero-order chi connectivity index (χ0) is 35.7. The highest BCUT2D eigenvalue weighted by atomic mass is 16.6. The molecule has 10 heteroatoms. The van der Waals surface area contributed by atoms with Crippen molar-refractivity contribution in [2.75, 3.05) is 6.54 Å². The van der Waals surface area contributed by atoms with Crippen LogP contribution in [0, 0.1) is 29.6 Å². The van der Waals surface area contributed by atoms with Crippen molar-refractivity contribution in [3.8, 4) is 0 Å². The minimum atomic E-state index is -1.09. The van der Waals surface area contributed by atoms with Crippen LogP contribution in [-0.4, -0.2) is 86.8 Å². The van der Waals surface area contributed by atoms with Crippen molar-refractivity contribution in [1.82, 2.24) is 5.32 Å². The van der Waals surface area contributed by atoms with Crippen LogP contribution in [0.15, 0.2) is 0 Å². The van der Waals surface area contributed by atoms with Crippen LogP contribution in [0.1, 0.15) is 133 Å². The van der Waals surface area contributed by atoms with E-state index in [1.165, 1.54) is 6.92 Å². The van der Waals surface area contributed by atoms with Crippen molar-refractivity contribution in [2.24, 2.45) is 29.6 Å². The fourth-order valence-electron chi connectivity index (χ4n) is 7.75. The summed E-state index contributed by atoms with van der Waals surface area (Å²) in [7, 11) is 0. The molecule has 2 aliphatic heterocycles. The third kappa shape index (κ3) is 10.6. The van der Waals surface area contributed by atoms with Gasteiger partial charge in [-0.15, -0.1) is 0 Å². The Bertz CT molecular complexity index is 1050. The lowest BCUT2D eigenvalue weighted by atomic mass is 9.76. The van der Waals surface area contributed by atoms with Gasteiger partial charge < -0.3 is 30.1 Å². The van der Waals surface area contributed by atoms with Crippen LogP contribution >= 0.6 is 0 Å². The van der Waals surface area contributed by atoms with Crippen LogP contribution in [0.5, 0.6) is 0 Å². The van der Waals surface area contributed by atoms with Crippen LogP contribution in [0.3, 0.4) is 0 Å². The molecule has 0 aromatic rings. The summed E-state index contributed by atoms with van der Waals surface area (Å²) >= 11 is 0. The van der Waals surface area contributed by atoms with E-state index < -0.39 is 41.2 Å². The molecule has 272 valence electrons. The van der Waals surface area contributed by atoms with Crippen LogP contribution in [0.2, 0.25) is 0 Å². The molecule has 12 atom stereocenters. The molecule has 10 nitrogen and oxygen atoms in total. The molecule has 1 amide bonds. The SMILES string of the molecule is CCC(C(=O)C(C)C(O)C(C)CCC(=O)CC(O)C(C)C(=O)CCCNC(C)=O)C1OC(CC)(C2CCC(O)(CC)C(C)O2)CC1C. The predicted molar refractivity (Wildman–Crippen MR) is 181 cm³/mol. The molecule has 2 fully saturated rings. The van der Waals surface area contributed by atoms with E-state index in [-0.39, 0.29) is 72.7 Å². The van der Waals surface area contributed by atoms with Crippen LogP contribution in [-0.2, 0) is 28.7 Å². The number of ether oxygens (including phenoxy) is 2. The van der Waals surface area contributed by atoms with Crippen molar-refractivity contribution in [1.29, 1.82) is 0 Å². The number of hydrogen-bond acceptors (Lipinski definition) is 9. The number of carbonyl (C=O) groups is 4. The van der Waals surface area contributed by atoms with Crippen molar-refractivity contribution >= 4 is 23.3 Å². The van der Waals surface area contributed by atoms with E-state index in [0.717, 1.165) is 12.8 Å². The number of nitrogens with one attached hydrogen (secondary N) is 1. The summed E-state index contributed by atoms with van der Waals surface area (Å²) in [5.74, 6) is -2.49. The average Bonchev–Trinajstić information content (AvgIpc) is 3.38. The van der Waals surface area contributed by atoms with Gasteiger partial charge in [-0.2, -0.15) is 0 Å². The van der Waals surface area contributed by atoms with Gasteiger partial charge in [-0.05, 0) is 70.1 Å². The number of hydrogen-bond donors (Lipinski definition) is 4. The lowest BCUT2D eigenvalue weighted by molar-refractivity contribution is -0.229. The second-order valence-corrected chi connectivity index (χ2v) is 14.8. The molecular formula is C37H65NO9. The Hall–Kier alpha value is -1.72. The first-order valence-corrected chi connectivity index (χ1v) is 18.2. The maximum absolute atomic E-state index is 13.9. The lowest BCUT2D eigenvalue weighted by Crippen LogP contribution is -2.55. The van der Waals surface area contributed by atoms with E-state index in [9.17, 15) is 34.5 Å². The van der Waals surface area contributed by atoms with Crippen molar-refractivity contribution in [3.05, 3.63) is 0 Å². The first-order chi connectivity index (χ1) is 22.0. The monoisotopic (exact) mass is 667 g/mol. The van der Waals surface area contributed by atoms with Crippen LogP contribution in [0.25, 0.3) is 0 Å². The largest absolute Gasteiger partial charge is 0.392 e. The average molecular weight is 668 g/mol. The molecule has 0 radical (unpaired) electrons. The van der Waals surface area contributed by atoms with E-state index in [4.69, 9.17) is 9.47 Å². The maximum Gasteiger partial charge on any atom is 0.216 e. The number of carbonyl (C=O) groups excluding carboxylic acids is 4. The Morgan fingerprint density at radius 2 is 1.64 bits per heavy atom. The van der Waals surface area contributed by atoms with E-state index in [1.807, 2.05) is 27.7 Å². The molecule has 4 N–H and O–H groups in total. The molecular weight excluding hydrogens is 602 g/mol. The highest BCUT2D eigenvalue weighted by Crippen LogP contribution is 2.48. The van der Waals surface area contributed by atoms with Crippen molar-refractivity contribution in [2.45, 2.75) is 175 Å². The molecule has 0 aromatic heterocycles. The van der Waals surface area contributed by atoms with E-state index in [1.54, 1.807) is 13.8 Å². The molecule has 0 spiro atoms. The predicted octanol–water partition coefficient (Wildman–Crippen LogP) is 4.72. The smallest absolute Gasteiger partial charge is 0.216 e. The van der Waals surface area contributed by atoms with Gasteiger partial charge in [0.2, 0.25) is 5.91 Å². The zero-order valence-corrected chi connectivity index (χ0v) is 30.5. The molecule has 2 rings (SSSR count). The maximum atomic E-state index is 13.9. The Morgan fingerprint density at radius 3 is 2.19 bits per heavy atom. The number of ketones is 3. The summed E-state index contributed by atoms with van der Waals surface area (Å²) < 4.78 is 13.2. The Labute approximate surface area is 283 Å². The minimum Gasteiger partial charge on any atom is -0.392 e. The van der Waals surface area contributed by atoms with Gasteiger partial charge in [0, 0.05) is 50.5 Å². The number of Topliss-reactive ketones (excluding diaryl/α,β-unsaturated/α-hetero) is 3. The molecule has 12 unspecified atom stereocenters. The topological polar surface area (TPSA) is 159 Å². The van der Waals surface area contributed by atoms with Crippen LogP contribution in [0.4, 0.5) is 0 Å². The van der Waals surface area contributed by atoms with Gasteiger partial charge >= 0.3 is 0 Å². The standard InChI is InChI=1S/C37H65NO9/c1-10-29(35-23(5)21-37(12-3,47-35)32-17-18-36(45,11-2)26(8)46-32)34(44)25(7)33(43)22(4)15-16-28(40)20-31(42)24(6)30(41)14-13-19-38-27(9)39/h22-26,29,31-33,35,42-43,45H,10-21H2,1-9H3,(H,38,39). The van der Waals surface area contributed by atoms with Crippen molar-refractivity contribution in [3.63, 3.8) is 0 Å². The normalized spacial score (nSPS) is 31.7. The lowest BCUT2D eigenvalue weighted by Gasteiger charge is -2.47. The summed E-state index contributed by atoms with van der Waals surface area (Å²) in [6.07, 6.45) is 2.28. The van der Waals surface area contributed by atoms with Gasteiger partial charge in [0.05, 0.1) is 41.7 Å². The molecule has 2 heterocycles. The van der Waals surface area contributed by atoms with Gasteiger partial charge in [0.25, 0.3) is 0 Å². The Kier molecular flexibility index (Phi) is 16.2. The van der Waals surface area contributed by atoms with Gasteiger partial charge in [0.15, 0.2) is 0 Å². The first kappa shape index (κ1) is 41.5. The quantitative estimate of drug-likeness (QED) is 0.135. The Morgan fingerprint density at radius 1 is 0.979 bits per heavy atom. The third-order valence-corrected chi connectivity index (χ3v) is 11.5. The fourth-order valence-corrected chi connectivity index (χ4v) is 7.75. The summed E-state index contributed by atoms with van der Waals surface area (Å²) in [6.45, 7) is 17.1. The molecule has 2 aliphatic rings. The molecule has 0 bridgehead atoms. The zero-order valence-electron chi connectivity index (χ0n) is 30.5. The van der Waals surface area contributed by atoms with Gasteiger partial charge in [-0.3, -0.25) is 19.2 Å². The number of amides is 1. The van der Waals surface area contributed by atoms with E-state index in [2.05, 4.69) is 19.2 Å². The van der Waals surface area contributed by atoms with Gasteiger partial charge in [-0.25, -0.2) is 0 Å². The number of rotatable bonds is 20. The van der Waals surface area contributed by atoms with E-state index in [0.29, 0.717) is 45.1 Å². The highest BCUT2D eigenvalue weighted by Gasteiger charge is 2.55. The molecule has 2 saturated heterocycles. The minimum absolute atomic E-state index is 0.0403. The summed E-state index contributed by atoms with van der Waals surface area (Å²) in [6, 6.07) is 0. The molecule has 0 aliphatic carbocycles. The third-order valence-electron chi connectivity index (χ3n) is 11.5. The summed E-state index contributed by atoms with van der Waals surface area (Å²) in [4.78, 5) is 50.0. The Balaban J connectivity index is 1.93. The number of aliphatic hydroxyl groups is 3. The molecule has 47 heavy (non-hydrogen) atoms. The van der Waals surface area contributed by atoms with Crippen LogP contribution < -0.4 is 5.32 Å². The summed E-state index contributed by atoms with van der Waals surface area (Å²) in [5, 5.41) is 35.3. The second kappa shape index (κ2) is 18.3. The fraction of sp³-hybridized carbons (Fsp3) is 0.892. The second-order valence-electron chi connectivity index (χ2n) is 14.8. The number of aliphatic hydroxyl groups excluding tert-OH is 2. The van der Waals surface area contributed by atoms with E-state index >= 15 is 0 Å². The molecule has 0 aromatic carbocycles. The van der Waals surface area contributed by atoms with Gasteiger partial charge in [-0.1, -0.05) is 48.5 Å².